The predicted molar refractivity (Wildman–Crippen MR) is 187 cm³/mol. The van der Waals surface area contributed by atoms with Crippen molar-refractivity contribution in [3.8, 4) is 11.4 Å². The Morgan fingerprint density at radius 3 is 1.79 bits per heavy atom. The molecule has 0 aliphatic heterocycles. The third-order valence-corrected chi connectivity index (χ3v) is 8.74. The first-order chi connectivity index (χ1) is 21.3. The molecule has 5 aromatic rings. The number of rotatable bonds is 4. The molecule has 0 N–H and O–H groups in total. The van der Waals surface area contributed by atoms with E-state index in [1.165, 1.54) is 66.5 Å². The highest BCUT2D eigenvalue weighted by molar-refractivity contribution is 5.90. The lowest BCUT2D eigenvalue weighted by Crippen LogP contribution is -2.31. The molecule has 0 amide bonds. The summed E-state index contributed by atoms with van der Waals surface area (Å²) in [6, 6.07) is 27.2. The van der Waals surface area contributed by atoms with Crippen LogP contribution in [0.2, 0.25) is 0 Å². The van der Waals surface area contributed by atoms with Gasteiger partial charge in [-0.3, -0.25) is 0 Å². The van der Waals surface area contributed by atoms with Crippen LogP contribution in [0.1, 0.15) is 87.0 Å². The van der Waals surface area contributed by atoms with Crippen LogP contribution in [0.4, 0.5) is 0 Å². The minimum atomic E-state index is 0.937. The number of nitrogens with zero attached hydrogens (tertiary/aromatic N) is 2. The first-order valence-electron chi connectivity index (χ1n) is 16.4. The van der Waals surface area contributed by atoms with E-state index < -0.39 is 0 Å². The third kappa shape index (κ3) is 5.25. The summed E-state index contributed by atoms with van der Waals surface area (Å²) in [6.45, 7) is 8.00. The Balaban J connectivity index is 0.000000792. The van der Waals surface area contributed by atoms with Crippen molar-refractivity contribution in [2.45, 2.75) is 72.6 Å². The van der Waals surface area contributed by atoms with Crippen molar-refractivity contribution in [3.63, 3.8) is 0 Å². The van der Waals surface area contributed by atoms with Crippen LogP contribution in [0.15, 0.2) is 84.9 Å². The molecule has 2 aromatic heterocycles. The lowest BCUT2D eigenvalue weighted by molar-refractivity contribution is 0.948. The maximum absolute atomic E-state index is 2.48. The number of hydrogen-bond donors (Lipinski definition) is 0. The average molecular weight is 565 g/mol. The molecule has 0 bridgehead atoms. The van der Waals surface area contributed by atoms with Gasteiger partial charge in [-0.1, -0.05) is 94.5 Å². The Hall–Kier alpha value is -4.30. The topological polar surface area (TPSA) is 9.86 Å². The normalized spacial score (nSPS) is 14.2. The summed E-state index contributed by atoms with van der Waals surface area (Å²) >= 11 is 0. The molecule has 0 radical (unpaired) electrons. The molecular formula is C41H44N2. The van der Waals surface area contributed by atoms with Crippen molar-refractivity contribution in [2.75, 3.05) is 0 Å². The van der Waals surface area contributed by atoms with Gasteiger partial charge in [-0.15, -0.1) is 0 Å². The molecule has 2 heterocycles. The molecule has 3 aliphatic rings. The number of fused-ring (bicyclic) bond motifs is 6. The second kappa shape index (κ2) is 12.9. The minimum absolute atomic E-state index is 0.937. The number of aryl methyl sites for hydroxylation is 1. The van der Waals surface area contributed by atoms with E-state index in [4.69, 9.17) is 0 Å². The second-order valence-electron chi connectivity index (χ2n) is 11.1. The molecule has 2 nitrogen and oxygen atoms in total. The molecule has 0 saturated carbocycles. The van der Waals surface area contributed by atoms with Crippen LogP contribution in [-0.4, -0.2) is 9.13 Å². The monoisotopic (exact) mass is 564 g/mol. The fraction of sp³-hybridized carbons (Fsp3) is 0.268. The first kappa shape index (κ1) is 28.8. The molecule has 3 aliphatic carbocycles. The Morgan fingerprint density at radius 2 is 1.12 bits per heavy atom. The Morgan fingerprint density at radius 1 is 0.558 bits per heavy atom. The SMILES string of the molecule is C1=Cc2c(c3c(n2-c2ccc(Cc4ccc(-n5c6c(c7ccccc75)CCC=C6)cc4)cc2)=CCCC=3)CC1.CC.CC. The van der Waals surface area contributed by atoms with Crippen LogP contribution in [-0.2, 0) is 19.3 Å². The summed E-state index contributed by atoms with van der Waals surface area (Å²) in [6.07, 6.45) is 21.9. The van der Waals surface area contributed by atoms with Gasteiger partial charge in [0.05, 0.1) is 5.52 Å². The molecular weight excluding hydrogens is 520 g/mol. The van der Waals surface area contributed by atoms with Crippen molar-refractivity contribution in [2.24, 2.45) is 0 Å². The summed E-state index contributed by atoms with van der Waals surface area (Å²) in [4.78, 5) is 0. The van der Waals surface area contributed by atoms with Crippen LogP contribution in [0.25, 0.3) is 46.6 Å². The molecule has 2 heteroatoms. The van der Waals surface area contributed by atoms with E-state index in [1.54, 1.807) is 0 Å². The van der Waals surface area contributed by atoms with Gasteiger partial charge in [0, 0.05) is 33.5 Å². The maximum atomic E-state index is 2.48. The fourth-order valence-electron chi connectivity index (χ4n) is 6.92. The molecule has 0 saturated heterocycles. The third-order valence-electron chi connectivity index (χ3n) is 8.74. The maximum Gasteiger partial charge on any atom is 0.0537 e. The molecule has 0 unspecified atom stereocenters. The standard InChI is InChI=1S/C37H32N2.2C2H6/c1-5-13-34-30(9-1)31-10-2-6-14-35(31)38(34)28-21-17-26(18-22-28)25-27-19-23-29(24-20-27)39-36-15-7-3-11-32(36)33-12-4-8-16-37(33)39;2*1-2/h1,5-7,9,12-24H,2-4,8,10-11,25H2;2*1-2H3. The van der Waals surface area contributed by atoms with E-state index in [2.05, 4.69) is 118 Å². The summed E-state index contributed by atoms with van der Waals surface area (Å²) in [5.41, 5.74) is 12.2. The van der Waals surface area contributed by atoms with Gasteiger partial charge < -0.3 is 9.13 Å². The van der Waals surface area contributed by atoms with Crippen molar-refractivity contribution >= 4 is 35.2 Å². The Labute approximate surface area is 257 Å². The minimum Gasteiger partial charge on any atom is -0.310 e. The number of para-hydroxylation sites is 1. The zero-order chi connectivity index (χ0) is 29.8. The van der Waals surface area contributed by atoms with Crippen molar-refractivity contribution < 1.29 is 0 Å². The van der Waals surface area contributed by atoms with Gasteiger partial charge in [0.2, 0.25) is 0 Å². The number of hydrogen-bond acceptors (Lipinski definition) is 0. The van der Waals surface area contributed by atoms with Crippen LogP contribution in [0, 0.1) is 0 Å². The largest absolute Gasteiger partial charge is 0.310 e. The Kier molecular flexibility index (Phi) is 8.65. The van der Waals surface area contributed by atoms with Gasteiger partial charge in [0.25, 0.3) is 0 Å². The van der Waals surface area contributed by atoms with Gasteiger partial charge >= 0.3 is 0 Å². The zero-order valence-electron chi connectivity index (χ0n) is 26.2. The molecule has 218 valence electrons. The summed E-state index contributed by atoms with van der Waals surface area (Å²) in [7, 11) is 0. The van der Waals surface area contributed by atoms with Gasteiger partial charge in [0.1, 0.15) is 0 Å². The second-order valence-corrected chi connectivity index (χ2v) is 11.1. The van der Waals surface area contributed by atoms with Gasteiger partial charge in [0.15, 0.2) is 0 Å². The van der Waals surface area contributed by atoms with E-state index in [0.717, 1.165) is 44.9 Å². The summed E-state index contributed by atoms with van der Waals surface area (Å²) in [5.74, 6) is 0. The zero-order valence-corrected chi connectivity index (χ0v) is 26.2. The summed E-state index contributed by atoms with van der Waals surface area (Å²) < 4.78 is 4.91. The van der Waals surface area contributed by atoms with E-state index in [9.17, 15) is 0 Å². The van der Waals surface area contributed by atoms with Gasteiger partial charge in [-0.25, -0.2) is 0 Å². The molecule has 43 heavy (non-hydrogen) atoms. The van der Waals surface area contributed by atoms with E-state index in [-0.39, 0.29) is 0 Å². The number of benzene rings is 3. The van der Waals surface area contributed by atoms with E-state index in [1.807, 2.05) is 27.7 Å². The van der Waals surface area contributed by atoms with Crippen molar-refractivity contribution in [1.82, 2.24) is 9.13 Å². The highest BCUT2D eigenvalue weighted by Crippen LogP contribution is 2.34. The fourth-order valence-corrected chi connectivity index (χ4v) is 6.92. The van der Waals surface area contributed by atoms with Crippen LogP contribution in [0.5, 0.6) is 0 Å². The lowest BCUT2D eigenvalue weighted by atomic mass is 10.0. The predicted octanol–water partition coefficient (Wildman–Crippen LogP) is 9.34. The summed E-state index contributed by atoms with van der Waals surface area (Å²) in [5, 5.41) is 4.24. The lowest BCUT2D eigenvalue weighted by Gasteiger charge is -2.13. The van der Waals surface area contributed by atoms with Gasteiger partial charge in [-0.2, -0.15) is 0 Å². The first-order valence-corrected chi connectivity index (χ1v) is 16.4. The van der Waals surface area contributed by atoms with Crippen LogP contribution in [0.3, 0.4) is 0 Å². The van der Waals surface area contributed by atoms with Crippen LogP contribution >= 0.6 is 0 Å². The van der Waals surface area contributed by atoms with Crippen LogP contribution < -0.4 is 10.6 Å². The highest BCUT2D eigenvalue weighted by Gasteiger charge is 2.19. The molecule has 8 rings (SSSR count). The molecule has 0 atom stereocenters. The Bertz CT molecular complexity index is 1910. The average Bonchev–Trinajstić information content (AvgIpc) is 3.61. The van der Waals surface area contributed by atoms with Crippen molar-refractivity contribution in [3.05, 3.63) is 129 Å². The molecule has 0 spiro atoms. The van der Waals surface area contributed by atoms with E-state index >= 15 is 0 Å². The number of allylic oxidation sites excluding steroid dienone is 2. The van der Waals surface area contributed by atoms with Crippen molar-refractivity contribution in [1.29, 1.82) is 0 Å². The molecule has 3 aromatic carbocycles. The molecule has 0 fully saturated rings. The highest BCUT2D eigenvalue weighted by atomic mass is 15.0. The van der Waals surface area contributed by atoms with Gasteiger partial charge in [-0.05, 0) is 115 Å². The number of aromatic nitrogens is 2. The quantitative estimate of drug-likeness (QED) is 0.206. The van der Waals surface area contributed by atoms with E-state index in [0.29, 0.717) is 0 Å². The smallest absolute Gasteiger partial charge is 0.0537 e.